The zero-order valence-corrected chi connectivity index (χ0v) is 8.70. The molecule has 1 aliphatic rings. The van der Waals surface area contributed by atoms with Crippen LogP contribution < -0.4 is 26.8 Å². The van der Waals surface area contributed by atoms with Crippen molar-refractivity contribution in [2.75, 3.05) is 12.4 Å². The normalized spacial score (nSPS) is 16.1. The third kappa shape index (κ3) is 1.26. The Morgan fingerprint density at radius 2 is 2.17 bits per heavy atom. The van der Waals surface area contributed by atoms with Crippen molar-refractivity contribution in [3.8, 4) is 0 Å². The van der Waals surface area contributed by atoms with Crippen LogP contribution in [0.25, 0.3) is 0 Å². The molecule has 2 rings (SSSR count). The molecular formula is C8H8IN2O-. The summed E-state index contributed by atoms with van der Waals surface area (Å²) in [6.45, 7) is 0. The predicted molar refractivity (Wildman–Crippen MR) is 41.9 cm³/mol. The summed E-state index contributed by atoms with van der Waals surface area (Å²) >= 11 is -0.287. The first-order valence-corrected chi connectivity index (χ1v) is 5.60. The number of hydrogen-bond donors (Lipinski definition) is 1. The van der Waals surface area contributed by atoms with Crippen LogP contribution in [0.1, 0.15) is 0 Å². The molecule has 0 aromatic heterocycles. The summed E-state index contributed by atoms with van der Waals surface area (Å²) in [5, 5.41) is 2.82. The van der Waals surface area contributed by atoms with E-state index in [-0.39, 0.29) is 27.5 Å². The van der Waals surface area contributed by atoms with E-state index in [0.717, 1.165) is 5.69 Å². The van der Waals surface area contributed by atoms with Gasteiger partial charge in [-0.2, -0.15) is 0 Å². The minimum atomic E-state index is -0.287. The van der Waals surface area contributed by atoms with E-state index in [9.17, 15) is 4.79 Å². The summed E-state index contributed by atoms with van der Waals surface area (Å²) in [5.74, 6) is 0. The number of carbonyl (C=O) groups excluding carboxylic acids is 1. The molecular weight excluding hydrogens is 267 g/mol. The number of carbonyl (C=O) groups is 1. The average molecular weight is 275 g/mol. The van der Waals surface area contributed by atoms with Crippen LogP contribution in [-0.2, 0) is 0 Å². The van der Waals surface area contributed by atoms with Gasteiger partial charge in [-0.3, -0.25) is 0 Å². The maximum atomic E-state index is 11.2. The van der Waals surface area contributed by atoms with Crippen LogP contribution in [0.4, 0.5) is 10.5 Å². The zero-order valence-electron chi connectivity index (χ0n) is 6.54. The Bertz CT molecular complexity index is 327. The van der Waals surface area contributed by atoms with Gasteiger partial charge in [-0.1, -0.05) is 0 Å². The summed E-state index contributed by atoms with van der Waals surface area (Å²) in [6, 6.07) is 7.97. The molecule has 1 aliphatic heterocycles. The fraction of sp³-hybridized carbons (Fsp3) is 0.125. The van der Waals surface area contributed by atoms with E-state index in [1.165, 1.54) is 3.57 Å². The van der Waals surface area contributed by atoms with Crippen LogP contribution in [0.2, 0.25) is 0 Å². The van der Waals surface area contributed by atoms with E-state index < -0.39 is 0 Å². The molecule has 0 spiro atoms. The molecule has 0 bridgehead atoms. The number of nitrogens with one attached hydrogen (secondary N) is 1. The fourth-order valence-corrected chi connectivity index (χ4v) is 3.07. The van der Waals surface area contributed by atoms with Crippen LogP contribution in [0, 0.1) is 3.57 Å². The van der Waals surface area contributed by atoms with E-state index in [0.29, 0.717) is 0 Å². The van der Waals surface area contributed by atoms with Crippen molar-refractivity contribution >= 4 is 11.7 Å². The number of rotatable bonds is 0. The van der Waals surface area contributed by atoms with Gasteiger partial charge in [0.2, 0.25) is 0 Å². The molecule has 1 N–H and O–H groups in total. The van der Waals surface area contributed by atoms with Crippen LogP contribution in [-0.4, -0.2) is 16.2 Å². The van der Waals surface area contributed by atoms with Gasteiger partial charge in [0.05, 0.1) is 0 Å². The second-order valence-electron chi connectivity index (χ2n) is 2.47. The first-order chi connectivity index (χ1) is 5.77. The van der Waals surface area contributed by atoms with Gasteiger partial charge in [0.25, 0.3) is 0 Å². The molecule has 12 heavy (non-hydrogen) atoms. The molecule has 1 aromatic rings. The SMILES string of the molecule is CN1[I-]c2ccccc2NC1=O. The second-order valence-corrected chi connectivity index (χ2v) is 5.56. The van der Waals surface area contributed by atoms with Crippen LogP contribution in [0.15, 0.2) is 24.3 Å². The maximum absolute atomic E-state index is 11.2. The van der Waals surface area contributed by atoms with Gasteiger partial charge in [0.1, 0.15) is 0 Å². The van der Waals surface area contributed by atoms with E-state index in [2.05, 4.69) is 11.4 Å². The van der Waals surface area contributed by atoms with Gasteiger partial charge in [-0.05, 0) is 0 Å². The number of nitrogens with zero attached hydrogens (tertiary/aromatic N) is 1. The van der Waals surface area contributed by atoms with Crippen molar-refractivity contribution in [2.45, 2.75) is 0 Å². The summed E-state index contributed by atoms with van der Waals surface area (Å²) < 4.78 is 3.04. The number of fused-ring (bicyclic) bond motifs is 1. The quantitative estimate of drug-likeness (QED) is 0.446. The van der Waals surface area contributed by atoms with Gasteiger partial charge in [-0.15, -0.1) is 0 Å². The van der Waals surface area contributed by atoms with E-state index in [1.54, 1.807) is 3.11 Å². The first-order valence-electron chi connectivity index (χ1n) is 3.56. The van der Waals surface area contributed by atoms with Crippen molar-refractivity contribution < 1.29 is 26.3 Å². The van der Waals surface area contributed by atoms with E-state index in [4.69, 9.17) is 0 Å². The zero-order chi connectivity index (χ0) is 8.55. The molecule has 1 heterocycles. The molecule has 3 nitrogen and oxygen atoms in total. The molecule has 0 radical (unpaired) electrons. The molecule has 0 saturated carbocycles. The predicted octanol–water partition coefficient (Wildman–Crippen LogP) is -1.66. The molecule has 0 saturated heterocycles. The van der Waals surface area contributed by atoms with E-state index in [1.807, 2.05) is 25.2 Å². The molecule has 4 heteroatoms. The fourth-order valence-electron chi connectivity index (χ4n) is 1.00. The van der Waals surface area contributed by atoms with Gasteiger partial charge in [0, 0.05) is 0 Å². The van der Waals surface area contributed by atoms with Crippen LogP contribution >= 0.6 is 0 Å². The number of hydrogen-bond acceptors (Lipinski definition) is 1. The third-order valence-corrected chi connectivity index (χ3v) is 4.24. The summed E-state index contributed by atoms with van der Waals surface area (Å²) in [5.41, 5.74) is 0.980. The third-order valence-electron chi connectivity index (χ3n) is 1.61. The number of amides is 2. The number of benzene rings is 1. The minimum absolute atomic E-state index is 0.0153. The topological polar surface area (TPSA) is 32.3 Å². The van der Waals surface area contributed by atoms with Crippen molar-refractivity contribution in [3.05, 3.63) is 27.8 Å². The van der Waals surface area contributed by atoms with Gasteiger partial charge < -0.3 is 0 Å². The number of urea groups is 1. The van der Waals surface area contributed by atoms with Crippen molar-refractivity contribution in [1.29, 1.82) is 0 Å². The Balaban J connectivity index is 2.40. The molecule has 2 amide bonds. The summed E-state index contributed by atoms with van der Waals surface area (Å²) in [4.78, 5) is 11.2. The second kappa shape index (κ2) is 2.93. The Hall–Kier alpha value is -0.780. The van der Waals surface area contributed by atoms with Crippen molar-refractivity contribution in [1.82, 2.24) is 3.11 Å². The number of para-hydroxylation sites is 1. The monoisotopic (exact) mass is 275 g/mol. The first kappa shape index (κ1) is 7.85. The van der Waals surface area contributed by atoms with E-state index >= 15 is 0 Å². The molecule has 0 fully saturated rings. The number of anilines is 1. The van der Waals surface area contributed by atoms with Crippen LogP contribution in [0.3, 0.4) is 0 Å². The average Bonchev–Trinajstić information content (AvgIpc) is 2.07. The Labute approximate surface area is 81.4 Å². The van der Waals surface area contributed by atoms with Crippen molar-refractivity contribution in [3.63, 3.8) is 0 Å². The van der Waals surface area contributed by atoms with Crippen LogP contribution in [0.5, 0.6) is 0 Å². The summed E-state index contributed by atoms with van der Waals surface area (Å²) in [6.07, 6.45) is 0. The molecule has 0 aliphatic carbocycles. The summed E-state index contributed by atoms with van der Waals surface area (Å²) in [7, 11) is 1.83. The van der Waals surface area contributed by atoms with Crippen molar-refractivity contribution in [2.24, 2.45) is 0 Å². The Morgan fingerprint density at radius 3 is 3.00 bits per heavy atom. The van der Waals surface area contributed by atoms with Gasteiger partial charge >= 0.3 is 81.3 Å². The molecule has 0 atom stereocenters. The van der Waals surface area contributed by atoms with Gasteiger partial charge in [0.15, 0.2) is 0 Å². The Kier molecular flexibility index (Phi) is 1.92. The molecule has 1 aromatic carbocycles. The molecule has 64 valence electrons. The standard InChI is InChI=1S/C8H8IN2O/c1-11-8(12)10-7-5-3-2-4-6(7)9-11/h2-5H,1H3,(H,10,12)/q-1. The molecule has 0 unspecified atom stereocenters. The Morgan fingerprint density at radius 1 is 1.42 bits per heavy atom. The number of halogens is 1. The van der Waals surface area contributed by atoms with Gasteiger partial charge in [-0.25, -0.2) is 0 Å².